The second kappa shape index (κ2) is 10.9. The van der Waals surface area contributed by atoms with Crippen molar-refractivity contribution in [2.75, 3.05) is 12.5 Å². The standard InChI is InChI=1S/C26H21BrCl2N6O2/c1-3-35-21-7-5-4-6-17(21)23-25(35)31-26(34-32-23)33-30-13-16-10-18(27)24(22(12-16)36-2)37-14-15-8-9-19(28)20(29)11-15/h4-13H,3,14H2,1-2H3,(H,31,33,34)/b30-13+. The van der Waals surface area contributed by atoms with Crippen molar-refractivity contribution < 1.29 is 9.47 Å². The van der Waals surface area contributed by atoms with Gasteiger partial charge in [-0.1, -0.05) is 47.5 Å². The first-order chi connectivity index (χ1) is 18.0. The molecule has 2 aromatic heterocycles. The number of nitrogens with one attached hydrogen (secondary N) is 1. The summed E-state index contributed by atoms with van der Waals surface area (Å²) in [5.74, 6) is 1.40. The van der Waals surface area contributed by atoms with Crippen molar-refractivity contribution in [2.45, 2.75) is 20.1 Å². The molecule has 8 nitrogen and oxygen atoms in total. The molecule has 0 fully saturated rings. The Morgan fingerprint density at radius 3 is 2.70 bits per heavy atom. The van der Waals surface area contributed by atoms with E-state index in [0.29, 0.717) is 38.6 Å². The summed E-state index contributed by atoms with van der Waals surface area (Å²) >= 11 is 15.7. The SMILES string of the molecule is CCn1c2ccccc2c2nnc(N/N=C/c3cc(Br)c(OCc4ccc(Cl)c(Cl)c4)c(OC)c3)nc21. The van der Waals surface area contributed by atoms with Crippen LogP contribution in [-0.2, 0) is 13.2 Å². The Morgan fingerprint density at radius 1 is 1.08 bits per heavy atom. The molecule has 0 radical (unpaired) electrons. The van der Waals surface area contributed by atoms with E-state index in [1.807, 2.05) is 36.4 Å². The number of hydrazone groups is 1. The Kier molecular flexibility index (Phi) is 7.45. The minimum Gasteiger partial charge on any atom is -0.493 e. The van der Waals surface area contributed by atoms with Crippen LogP contribution in [0.3, 0.4) is 0 Å². The molecule has 0 spiro atoms. The van der Waals surface area contributed by atoms with Crippen molar-refractivity contribution in [2.24, 2.45) is 5.10 Å². The molecule has 0 saturated heterocycles. The monoisotopic (exact) mass is 598 g/mol. The molecule has 0 saturated carbocycles. The van der Waals surface area contributed by atoms with Crippen LogP contribution in [0.2, 0.25) is 10.0 Å². The molecule has 0 aliphatic rings. The number of para-hydroxylation sites is 1. The minimum absolute atomic E-state index is 0.294. The summed E-state index contributed by atoms with van der Waals surface area (Å²) in [7, 11) is 1.58. The average molecular weight is 600 g/mol. The van der Waals surface area contributed by atoms with E-state index in [1.54, 1.807) is 25.5 Å². The molecule has 0 amide bonds. The van der Waals surface area contributed by atoms with Crippen LogP contribution < -0.4 is 14.9 Å². The van der Waals surface area contributed by atoms with Crippen molar-refractivity contribution in [3.05, 3.63) is 80.2 Å². The Labute approximate surface area is 231 Å². The zero-order chi connectivity index (χ0) is 25.9. The first kappa shape index (κ1) is 25.3. The van der Waals surface area contributed by atoms with Gasteiger partial charge >= 0.3 is 0 Å². The highest BCUT2D eigenvalue weighted by molar-refractivity contribution is 9.10. The zero-order valence-electron chi connectivity index (χ0n) is 19.9. The summed E-state index contributed by atoms with van der Waals surface area (Å²) < 4.78 is 14.3. The number of anilines is 1. The molecule has 0 atom stereocenters. The van der Waals surface area contributed by atoms with Gasteiger partial charge in [0.2, 0.25) is 0 Å². The fraction of sp³-hybridized carbons (Fsp3) is 0.154. The molecule has 0 aliphatic carbocycles. The molecule has 37 heavy (non-hydrogen) atoms. The van der Waals surface area contributed by atoms with Crippen molar-refractivity contribution >= 4 is 73.4 Å². The van der Waals surface area contributed by atoms with Gasteiger partial charge in [-0.25, -0.2) is 5.43 Å². The molecule has 5 aromatic rings. The van der Waals surface area contributed by atoms with Crippen LogP contribution in [0.15, 0.2) is 64.2 Å². The average Bonchev–Trinajstić information content (AvgIpc) is 3.22. The van der Waals surface area contributed by atoms with E-state index in [0.717, 1.165) is 39.7 Å². The molecule has 0 unspecified atom stereocenters. The molecule has 11 heteroatoms. The maximum absolute atomic E-state index is 6.11. The summed E-state index contributed by atoms with van der Waals surface area (Å²) in [5.41, 5.74) is 7.11. The second-order valence-electron chi connectivity index (χ2n) is 8.01. The number of aromatic nitrogens is 4. The molecule has 0 aliphatic heterocycles. The number of aryl methyl sites for hydroxylation is 1. The van der Waals surface area contributed by atoms with Crippen molar-refractivity contribution in [3.8, 4) is 11.5 Å². The number of methoxy groups -OCH3 is 1. The summed E-state index contributed by atoms with van der Waals surface area (Å²) in [6, 6.07) is 17.1. The number of fused-ring (bicyclic) bond motifs is 3. The van der Waals surface area contributed by atoms with E-state index in [4.69, 9.17) is 32.7 Å². The van der Waals surface area contributed by atoms with Crippen molar-refractivity contribution in [1.29, 1.82) is 0 Å². The summed E-state index contributed by atoms with van der Waals surface area (Å²) in [4.78, 5) is 4.64. The van der Waals surface area contributed by atoms with Crippen LogP contribution >= 0.6 is 39.1 Å². The summed E-state index contributed by atoms with van der Waals surface area (Å²) in [5, 5.41) is 14.9. The van der Waals surface area contributed by atoms with Gasteiger partial charge in [-0.2, -0.15) is 10.1 Å². The summed E-state index contributed by atoms with van der Waals surface area (Å²) in [6.07, 6.45) is 1.64. The number of ether oxygens (including phenoxy) is 2. The van der Waals surface area contributed by atoms with E-state index in [-0.39, 0.29) is 0 Å². The minimum atomic E-state index is 0.294. The number of halogens is 3. The van der Waals surface area contributed by atoms with E-state index in [1.165, 1.54) is 0 Å². The lowest BCUT2D eigenvalue weighted by Gasteiger charge is -2.14. The first-order valence-corrected chi connectivity index (χ1v) is 12.9. The Balaban J connectivity index is 1.33. The predicted molar refractivity (Wildman–Crippen MR) is 151 cm³/mol. The Hall–Kier alpha value is -3.40. The Bertz CT molecular complexity index is 1640. The van der Waals surface area contributed by atoms with Gasteiger partial charge in [0.05, 0.1) is 33.4 Å². The maximum Gasteiger partial charge on any atom is 0.265 e. The molecule has 1 N–H and O–H groups in total. The quantitative estimate of drug-likeness (QED) is 0.151. The second-order valence-corrected chi connectivity index (χ2v) is 9.68. The van der Waals surface area contributed by atoms with Crippen molar-refractivity contribution in [1.82, 2.24) is 19.7 Å². The number of hydrogen-bond donors (Lipinski definition) is 1. The molecular weight excluding hydrogens is 579 g/mol. The number of hydrogen-bond acceptors (Lipinski definition) is 7. The molecule has 3 aromatic carbocycles. The first-order valence-electron chi connectivity index (χ1n) is 11.3. The Morgan fingerprint density at radius 2 is 1.92 bits per heavy atom. The third-order valence-electron chi connectivity index (χ3n) is 5.69. The van der Waals surface area contributed by atoms with E-state index in [9.17, 15) is 0 Å². The van der Waals surface area contributed by atoms with Gasteiger partial charge in [0.25, 0.3) is 5.95 Å². The van der Waals surface area contributed by atoms with Crippen molar-refractivity contribution in [3.63, 3.8) is 0 Å². The fourth-order valence-corrected chi connectivity index (χ4v) is 4.87. The lowest BCUT2D eigenvalue weighted by atomic mass is 10.2. The lowest BCUT2D eigenvalue weighted by Crippen LogP contribution is -2.02. The van der Waals surface area contributed by atoms with Crippen LogP contribution in [0.1, 0.15) is 18.1 Å². The smallest absolute Gasteiger partial charge is 0.265 e. The number of rotatable bonds is 8. The third kappa shape index (κ3) is 5.20. The van der Waals surface area contributed by atoms with Crippen LogP contribution in [0.5, 0.6) is 11.5 Å². The topological polar surface area (TPSA) is 86.5 Å². The molecule has 2 heterocycles. The third-order valence-corrected chi connectivity index (χ3v) is 7.02. The van der Waals surface area contributed by atoms with Gasteiger partial charge in [-0.3, -0.25) is 0 Å². The van der Waals surface area contributed by atoms with Gasteiger partial charge < -0.3 is 14.0 Å². The number of nitrogens with zero attached hydrogens (tertiary/aromatic N) is 5. The van der Waals surface area contributed by atoms with Crippen LogP contribution in [0.25, 0.3) is 22.1 Å². The normalized spacial score (nSPS) is 11.5. The van der Waals surface area contributed by atoms with Crippen LogP contribution in [0, 0.1) is 0 Å². The fourth-order valence-electron chi connectivity index (χ4n) is 3.97. The predicted octanol–water partition coefficient (Wildman–Crippen LogP) is 7.10. The van der Waals surface area contributed by atoms with Crippen LogP contribution in [-0.4, -0.2) is 33.1 Å². The lowest BCUT2D eigenvalue weighted by molar-refractivity contribution is 0.282. The van der Waals surface area contributed by atoms with Gasteiger partial charge in [-0.15, -0.1) is 10.2 Å². The van der Waals surface area contributed by atoms with Gasteiger partial charge in [0.15, 0.2) is 17.1 Å². The largest absolute Gasteiger partial charge is 0.493 e. The van der Waals surface area contributed by atoms with Crippen LogP contribution in [0.4, 0.5) is 5.95 Å². The maximum atomic E-state index is 6.11. The summed E-state index contributed by atoms with van der Waals surface area (Å²) in [6.45, 7) is 3.13. The van der Waals surface area contributed by atoms with E-state index < -0.39 is 0 Å². The van der Waals surface area contributed by atoms with Gasteiger partial charge in [-0.05, 0) is 64.3 Å². The highest BCUT2D eigenvalue weighted by atomic mass is 79.9. The highest BCUT2D eigenvalue weighted by Crippen LogP contribution is 2.37. The van der Waals surface area contributed by atoms with Gasteiger partial charge in [0.1, 0.15) is 12.1 Å². The van der Waals surface area contributed by atoms with E-state index in [2.05, 4.69) is 59.2 Å². The van der Waals surface area contributed by atoms with Gasteiger partial charge in [0, 0.05) is 11.9 Å². The number of benzene rings is 3. The molecule has 0 bridgehead atoms. The molecular formula is C26H21BrCl2N6O2. The molecule has 188 valence electrons. The molecule has 5 rings (SSSR count). The highest BCUT2D eigenvalue weighted by Gasteiger charge is 2.14. The van der Waals surface area contributed by atoms with E-state index >= 15 is 0 Å². The zero-order valence-corrected chi connectivity index (χ0v) is 23.0.